The number of hydrogen-bond acceptors (Lipinski definition) is 4. The molecule has 0 heterocycles. The van der Waals surface area contributed by atoms with Gasteiger partial charge in [-0.25, -0.2) is 4.79 Å². The van der Waals surface area contributed by atoms with Crippen molar-refractivity contribution in [2.45, 2.75) is 65.0 Å². The highest BCUT2D eigenvalue weighted by atomic mass is 16.4. The van der Waals surface area contributed by atoms with Crippen molar-refractivity contribution in [3.63, 3.8) is 0 Å². The molecule has 1 aliphatic rings. The van der Waals surface area contributed by atoms with Crippen molar-refractivity contribution in [1.29, 1.82) is 5.26 Å². The molecule has 0 radical (unpaired) electrons. The number of carbonyl (C=O) groups excluding carboxylic acids is 1. The van der Waals surface area contributed by atoms with Crippen LogP contribution in [0.3, 0.4) is 0 Å². The lowest BCUT2D eigenvalue weighted by atomic mass is 9.89. The fraction of sp³-hybridized carbons (Fsp3) is 0.500. The molecule has 1 aliphatic carbocycles. The molecule has 3 N–H and O–H groups in total. The molecule has 1 amide bonds. The largest absolute Gasteiger partial charge is 0.480 e. The molecule has 0 spiro atoms. The first-order valence-electron chi connectivity index (χ1n) is 9.83. The maximum absolute atomic E-state index is 12.3. The van der Waals surface area contributed by atoms with Crippen LogP contribution in [-0.4, -0.2) is 23.0 Å². The van der Waals surface area contributed by atoms with E-state index in [0.717, 1.165) is 18.4 Å². The molecule has 28 heavy (non-hydrogen) atoms. The summed E-state index contributed by atoms with van der Waals surface area (Å²) in [5, 5.41) is 24.1. The summed E-state index contributed by atoms with van der Waals surface area (Å²) >= 11 is 0. The molecule has 0 bridgehead atoms. The molecule has 6 heteroatoms. The van der Waals surface area contributed by atoms with Crippen LogP contribution in [0.5, 0.6) is 0 Å². The van der Waals surface area contributed by atoms with Crippen molar-refractivity contribution < 1.29 is 14.7 Å². The third-order valence-electron chi connectivity index (χ3n) is 5.03. The number of nitrogens with zero attached hydrogens (tertiary/aromatic N) is 1. The van der Waals surface area contributed by atoms with E-state index in [-0.39, 0.29) is 17.5 Å². The van der Waals surface area contributed by atoms with Crippen LogP contribution in [0.2, 0.25) is 0 Å². The number of aliphatic carboxylic acids is 1. The van der Waals surface area contributed by atoms with Gasteiger partial charge in [0.1, 0.15) is 17.7 Å². The first-order valence-corrected chi connectivity index (χ1v) is 9.83. The summed E-state index contributed by atoms with van der Waals surface area (Å²) in [6.45, 7) is 5.72. The summed E-state index contributed by atoms with van der Waals surface area (Å²) in [6, 6.07) is 7.19. The molecule has 1 aromatic carbocycles. The van der Waals surface area contributed by atoms with Gasteiger partial charge in [-0.2, -0.15) is 5.26 Å². The van der Waals surface area contributed by atoms with Gasteiger partial charge in [0, 0.05) is 12.2 Å². The zero-order valence-corrected chi connectivity index (χ0v) is 16.8. The number of rotatable bonds is 8. The van der Waals surface area contributed by atoms with E-state index in [1.54, 1.807) is 0 Å². The highest BCUT2D eigenvalue weighted by molar-refractivity contribution is 5.99. The third kappa shape index (κ3) is 5.85. The number of hydrogen-bond donors (Lipinski definition) is 3. The molecule has 2 unspecified atom stereocenters. The third-order valence-corrected chi connectivity index (χ3v) is 5.03. The number of carboxylic acid groups (broad SMARTS) is 1. The van der Waals surface area contributed by atoms with Crippen LogP contribution in [0.15, 0.2) is 30.0 Å². The van der Waals surface area contributed by atoms with E-state index in [9.17, 15) is 20.0 Å². The van der Waals surface area contributed by atoms with E-state index in [4.69, 9.17) is 0 Å². The molecule has 0 saturated heterocycles. The summed E-state index contributed by atoms with van der Waals surface area (Å²) in [4.78, 5) is 23.6. The number of aryl methyl sites for hydroxylation is 2. The predicted octanol–water partition coefficient (Wildman–Crippen LogP) is 3.24. The van der Waals surface area contributed by atoms with Gasteiger partial charge < -0.3 is 15.7 Å². The van der Waals surface area contributed by atoms with Crippen LogP contribution >= 0.6 is 0 Å². The minimum atomic E-state index is -1.10. The number of benzene rings is 1. The van der Waals surface area contributed by atoms with Gasteiger partial charge in [-0.3, -0.25) is 4.79 Å². The van der Waals surface area contributed by atoms with E-state index >= 15 is 0 Å². The molecule has 2 atom stereocenters. The van der Waals surface area contributed by atoms with Crippen molar-refractivity contribution >= 4 is 11.9 Å². The van der Waals surface area contributed by atoms with E-state index in [2.05, 4.69) is 28.8 Å². The monoisotopic (exact) mass is 383 g/mol. The molecule has 0 saturated carbocycles. The summed E-state index contributed by atoms with van der Waals surface area (Å²) in [5.41, 5.74) is 3.73. The van der Waals surface area contributed by atoms with Crippen molar-refractivity contribution in [1.82, 2.24) is 10.6 Å². The van der Waals surface area contributed by atoms with Crippen LogP contribution in [0.25, 0.3) is 0 Å². The SMILES string of the molecule is CC(C)CC(NC(=O)/C(C#N)=C\NC(C)c1ccc2c(c1)CCCC2)C(=O)O. The lowest BCUT2D eigenvalue weighted by Gasteiger charge is -2.20. The van der Waals surface area contributed by atoms with Gasteiger partial charge in [0.15, 0.2) is 0 Å². The normalized spacial score (nSPS) is 15.9. The van der Waals surface area contributed by atoms with Gasteiger partial charge in [-0.05, 0) is 61.6 Å². The smallest absolute Gasteiger partial charge is 0.326 e. The Kier molecular flexibility index (Phi) is 7.62. The number of nitrogens with one attached hydrogen (secondary N) is 2. The van der Waals surface area contributed by atoms with Gasteiger partial charge in [-0.1, -0.05) is 32.0 Å². The Labute approximate surface area is 166 Å². The van der Waals surface area contributed by atoms with Crippen molar-refractivity contribution in [2.75, 3.05) is 0 Å². The van der Waals surface area contributed by atoms with Gasteiger partial charge in [0.25, 0.3) is 5.91 Å². The Morgan fingerprint density at radius 1 is 1.21 bits per heavy atom. The zero-order valence-electron chi connectivity index (χ0n) is 16.8. The second-order valence-corrected chi connectivity index (χ2v) is 7.79. The number of nitriles is 1. The number of carboxylic acids is 1. The number of carbonyl (C=O) groups is 2. The second-order valence-electron chi connectivity index (χ2n) is 7.79. The van der Waals surface area contributed by atoms with Crippen LogP contribution in [0, 0.1) is 17.2 Å². The first kappa shape index (κ1) is 21.5. The predicted molar refractivity (Wildman–Crippen MR) is 107 cm³/mol. The summed E-state index contributed by atoms with van der Waals surface area (Å²) < 4.78 is 0. The standard InChI is InChI=1S/C22H29N3O3/c1-14(2)10-20(22(27)28)25-21(26)19(12-23)13-24-15(3)17-9-8-16-6-4-5-7-18(16)11-17/h8-9,11,13-15,20,24H,4-7,10H2,1-3H3,(H,25,26)(H,27,28)/b19-13-. The van der Waals surface area contributed by atoms with Crippen molar-refractivity contribution in [2.24, 2.45) is 5.92 Å². The maximum Gasteiger partial charge on any atom is 0.326 e. The lowest BCUT2D eigenvalue weighted by Crippen LogP contribution is -2.42. The molecule has 1 aromatic rings. The first-order chi connectivity index (χ1) is 13.3. The maximum atomic E-state index is 12.3. The Morgan fingerprint density at radius 3 is 2.50 bits per heavy atom. The molecule has 0 aliphatic heterocycles. The van der Waals surface area contributed by atoms with Gasteiger partial charge in [0.2, 0.25) is 0 Å². The van der Waals surface area contributed by atoms with Gasteiger partial charge >= 0.3 is 5.97 Å². The average molecular weight is 383 g/mol. The summed E-state index contributed by atoms with van der Waals surface area (Å²) in [7, 11) is 0. The van der Waals surface area contributed by atoms with E-state index < -0.39 is 17.9 Å². The summed E-state index contributed by atoms with van der Waals surface area (Å²) in [6.07, 6.45) is 6.32. The number of fused-ring (bicyclic) bond motifs is 1. The zero-order chi connectivity index (χ0) is 20.7. The molecule has 6 nitrogen and oxygen atoms in total. The highest BCUT2D eigenvalue weighted by Crippen LogP contribution is 2.24. The van der Waals surface area contributed by atoms with Crippen LogP contribution in [-0.2, 0) is 22.4 Å². The van der Waals surface area contributed by atoms with Crippen LogP contribution in [0.1, 0.15) is 62.8 Å². The molecule has 0 fully saturated rings. The Bertz CT molecular complexity index is 793. The molecular weight excluding hydrogens is 354 g/mol. The van der Waals surface area contributed by atoms with Crippen LogP contribution in [0.4, 0.5) is 0 Å². The van der Waals surface area contributed by atoms with E-state index in [0.29, 0.717) is 6.42 Å². The lowest BCUT2D eigenvalue weighted by molar-refractivity contribution is -0.141. The summed E-state index contributed by atoms with van der Waals surface area (Å²) in [5.74, 6) is -1.67. The molecule has 0 aromatic heterocycles. The van der Waals surface area contributed by atoms with Crippen molar-refractivity contribution in [3.05, 3.63) is 46.7 Å². The topological polar surface area (TPSA) is 102 Å². The fourth-order valence-electron chi connectivity index (χ4n) is 3.40. The average Bonchev–Trinajstić information content (AvgIpc) is 2.66. The minimum Gasteiger partial charge on any atom is -0.480 e. The fourth-order valence-corrected chi connectivity index (χ4v) is 3.40. The second kappa shape index (κ2) is 9.93. The number of amides is 1. The molecular formula is C22H29N3O3. The van der Waals surface area contributed by atoms with E-state index in [1.165, 1.54) is 30.2 Å². The van der Waals surface area contributed by atoms with Crippen molar-refractivity contribution in [3.8, 4) is 6.07 Å². The van der Waals surface area contributed by atoms with Gasteiger partial charge in [0.05, 0.1) is 0 Å². The Balaban J connectivity index is 2.04. The Morgan fingerprint density at radius 2 is 1.89 bits per heavy atom. The van der Waals surface area contributed by atoms with E-state index in [1.807, 2.05) is 26.8 Å². The van der Waals surface area contributed by atoms with Gasteiger partial charge in [-0.15, -0.1) is 0 Å². The highest BCUT2D eigenvalue weighted by Gasteiger charge is 2.23. The Hall–Kier alpha value is -2.81. The van der Waals surface area contributed by atoms with Crippen LogP contribution < -0.4 is 10.6 Å². The minimum absolute atomic E-state index is 0.0747. The molecule has 2 rings (SSSR count). The quantitative estimate of drug-likeness (QED) is 0.472. The molecule has 150 valence electrons.